The summed E-state index contributed by atoms with van der Waals surface area (Å²) in [6.07, 6.45) is 2.62. The zero-order valence-electron chi connectivity index (χ0n) is 10.0. The Hall–Kier alpha value is -1.62. The van der Waals surface area contributed by atoms with Crippen LogP contribution < -0.4 is 10.6 Å². The number of rotatable bonds is 6. The van der Waals surface area contributed by atoms with Gasteiger partial charge in [0.15, 0.2) is 0 Å². The Morgan fingerprint density at radius 1 is 1.41 bits per heavy atom. The standard InChI is InChI=1S/C12H19N3O2/c1-10(16)5-8-14-12(17)15-9-6-11-4-2-3-7-13-11/h2-4,7,10,16H,5-6,8-9H2,1H3,(H2,14,15,17). The first-order valence-electron chi connectivity index (χ1n) is 5.78. The fourth-order valence-corrected chi connectivity index (χ4v) is 1.31. The lowest BCUT2D eigenvalue weighted by atomic mass is 10.3. The van der Waals surface area contributed by atoms with E-state index >= 15 is 0 Å². The summed E-state index contributed by atoms with van der Waals surface area (Å²) in [7, 11) is 0. The molecule has 0 aliphatic heterocycles. The molecule has 5 heteroatoms. The van der Waals surface area contributed by atoms with E-state index in [1.165, 1.54) is 0 Å². The van der Waals surface area contributed by atoms with Crippen LogP contribution in [-0.4, -0.2) is 35.3 Å². The first-order chi connectivity index (χ1) is 8.18. The average Bonchev–Trinajstić information content (AvgIpc) is 2.30. The van der Waals surface area contributed by atoms with E-state index in [1.54, 1.807) is 13.1 Å². The largest absolute Gasteiger partial charge is 0.393 e. The molecular weight excluding hydrogens is 218 g/mol. The minimum Gasteiger partial charge on any atom is -0.393 e. The van der Waals surface area contributed by atoms with Crippen LogP contribution in [0.15, 0.2) is 24.4 Å². The lowest BCUT2D eigenvalue weighted by Crippen LogP contribution is -2.37. The second-order valence-corrected chi connectivity index (χ2v) is 3.89. The molecule has 0 bridgehead atoms. The number of hydrogen-bond acceptors (Lipinski definition) is 3. The normalized spacial score (nSPS) is 11.9. The van der Waals surface area contributed by atoms with Gasteiger partial charge in [-0.2, -0.15) is 0 Å². The van der Waals surface area contributed by atoms with Gasteiger partial charge in [0, 0.05) is 31.4 Å². The molecule has 1 aromatic heterocycles. The van der Waals surface area contributed by atoms with Crippen LogP contribution in [0.25, 0.3) is 0 Å². The highest BCUT2D eigenvalue weighted by atomic mass is 16.3. The number of aliphatic hydroxyl groups excluding tert-OH is 1. The van der Waals surface area contributed by atoms with Crippen LogP contribution in [0.2, 0.25) is 0 Å². The van der Waals surface area contributed by atoms with Gasteiger partial charge in [0.1, 0.15) is 0 Å². The SMILES string of the molecule is CC(O)CCNC(=O)NCCc1ccccn1. The maximum Gasteiger partial charge on any atom is 0.314 e. The van der Waals surface area contributed by atoms with Gasteiger partial charge in [-0.05, 0) is 25.5 Å². The van der Waals surface area contributed by atoms with Gasteiger partial charge in [-0.3, -0.25) is 4.98 Å². The Morgan fingerprint density at radius 2 is 2.18 bits per heavy atom. The molecule has 0 aromatic carbocycles. The topological polar surface area (TPSA) is 74.2 Å². The fourth-order valence-electron chi connectivity index (χ4n) is 1.31. The third-order valence-electron chi connectivity index (χ3n) is 2.24. The highest BCUT2D eigenvalue weighted by Crippen LogP contribution is 1.92. The number of pyridine rings is 1. The molecule has 1 atom stereocenters. The summed E-state index contributed by atoms with van der Waals surface area (Å²) in [5.41, 5.74) is 0.955. The maximum absolute atomic E-state index is 11.3. The number of carbonyl (C=O) groups is 1. The minimum atomic E-state index is -0.385. The van der Waals surface area contributed by atoms with Crippen LogP contribution in [0.3, 0.4) is 0 Å². The molecule has 1 heterocycles. The number of nitrogens with zero attached hydrogens (tertiary/aromatic N) is 1. The molecule has 3 N–H and O–H groups in total. The van der Waals surface area contributed by atoms with Crippen molar-refractivity contribution in [3.8, 4) is 0 Å². The van der Waals surface area contributed by atoms with Gasteiger partial charge in [-0.15, -0.1) is 0 Å². The van der Waals surface area contributed by atoms with Gasteiger partial charge in [-0.1, -0.05) is 6.07 Å². The molecule has 0 spiro atoms. The molecule has 0 saturated heterocycles. The van der Waals surface area contributed by atoms with E-state index in [2.05, 4.69) is 15.6 Å². The number of carbonyl (C=O) groups excluding carboxylic acids is 1. The van der Waals surface area contributed by atoms with Gasteiger partial charge in [0.05, 0.1) is 6.10 Å². The van der Waals surface area contributed by atoms with Crippen molar-refractivity contribution in [3.63, 3.8) is 0 Å². The highest BCUT2D eigenvalue weighted by Gasteiger charge is 2.01. The van der Waals surface area contributed by atoms with Crippen LogP contribution in [-0.2, 0) is 6.42 Å². The lowest BCUT2D eigenvalue weighted by molar-refractivity contribution is 0.183. The van der Waals surface area contributed by atoms with Crippen molar-refractivity contribution in [1.29, 1.82) is 0 Å². The second kappa shape index (κ2) is 7.62. The molecule has 1 aromatic rings. The van der Waals surface area contributed by atoms with Crippen molar-refractivity contribution in [2.45, 2.75) is 25.9 Å². The molecule has 0 aliphatic carbocycles. The third kappa shape index (κ3) is 6.52. The summed E-state index contributed by atoms with van der Waals surface area (Å²) in [4.78, 5) is 15.4. The van der Waals surface area contributed by atoms with Crippen LogP contribution >= 0.6 is 0 Å². The van der Waals surface area contributed by atoms with Gasteiger partial charge in [0.25, 0.3) is 0 Å². The summed E-state index contributed by atoms with van der Waals surface area (Å²) in [5.74, 6) is 0. The number of urea groups is 1. The van der Waals surface area contributed by atoms with E-state index in [0.29, 0.717) is 25.9 Å². The Bertz CT molecular complexity index is 328. The molecule has 5 nitrogen and oxygen atoms in total. The van der Waals surface area contributed by atoms with E-state index in [4.69, 9.17) is 5.11 Å². The molecule has 94 valence electrons. The van der Waals surface area contributed by atoms with Crippen molar-refractivity contribution in [2.75, 3.05) is 13.1 Å². The third-order valence-corrected chi connectivity index (χ3v) is 2.24. The number of nitrogens with one attached hydrogen (secondary N) is 2. The Balaban J connectivity index is 2.08. The molecular formula is C12H19N3O2. The Kier molecular flexibility index (Phi) is 6.03. The Labute approximate surface area is 101 Å². The first kappa shape index (κ1) is 13.4. The zero-order chi connectivity index (χ0) is 12.5. The summed E-state index contributed by atoms with van der Waals surface area (Å²) in [6, 6.07) is 5.50. The molecule has 0 saturated carbocycles. The smallest absolute Gasteiger partial charge is 0.314 e. The van der Waals surface area contributed by atoms with Crippen molar-refractivity contribution >= 4 is 6.03 Å². The number of amides is 2. The predicted molar refractivity (Wildman–Crippen MR) is 65.6 cm³/mol. The van der Waals surface area contributed by atoms with Crippen LogP contribution in [0.1, 0.15) is 19.0 Å². The summed E-state index contributed by atoms with van der Waals surface area (Å²) in [5, 5.41) is 14.4. The first-order valence-corrected chi connectivity index (χ1v) is 5.78. The Morgan fingerprint density at radius 3 is 2.82 bits per heavy atom. The quantitative estimate of drug-likeness (QED) is 0.681. The molecule has 1 rings (SSSR count). The summed E-state index contributed by atoms with van der Waals surface area (Å²) in [6.45, 7) is 2.73. The molecule has 0 fully saturated rings. The van der Waals surface area contributed by atoms with Gasteiger partial charge < -0.3 is 15.7 Å². The zero-order valence-corrected chi connectivity index (χ0v) is 10.0. The number of aliphatic hydroxyl groups is 1. The summed E-state index contributed by atoms with van der Waals surface area (Å²) >= 11 is 0. The van der Waals surface area contributed by atoms with E-state index in [0.717, 1.165) is 5.69 Å². The van der Waals surface area contributed by atoms with Crippen molar-refractivity contribution in [2.24, 2.45) is 0 Å². The van der Waals surface area contributed by atoms with Crippen LogP contribution in [0, 0.1) is 0 Å². The van der Waals surface area contributed by atoms with Crippen LogP contribution in [0.4, 0.5) is 4.79 Å². The van der Waals surface area contributed by atoms with Crippen LogP contribution in [0.5, 0.6) is 0 Å². The van der Waals surface area contributed by atoms with Gasteiger partial charge >= 0.3 is 6.03 Å². The van der Waals surface area contributed by atoms with Gasteiger partial charge in [0.2, 0.25) is 0 Å². The van der Waals surface area contributed by atoms with Crippen molar-refractivity contribution in [1.82, 2.24) is 15.6 Å². The fraction of sp³-hybridized carbons (Fsp3) is 0.500. The lowest BCUT2D eigenvalue weighted by Gasteiger charge is -2.08. The van der Waals surface area contributed by atoms with Crippen molar-refractivity contribution in [3.05, 3.63) is 30.1 Å². The van der Waals surface area contributed by atoms with Crippen molar-refractivity contribution < 1.29 is 9.90 Å². The predicted octanol–water partition coefficient (Wildman–Crippen LogP) is 0.694. The molecule has 0 aliphatic rings. The number of hydrogen-bond donors (Lipinski definition) is 3. The van der Waals surface area contributed by atoms with E-state index in [-0.39, 0.29) is 12.1 Å². The summed E-state index contributed by atoms with van der Waals surface area (Å²) < 4.78 is 0. The second-order valence-electron chi connectivity index (χ2n) is 3.89. The minimum absolute atomic E-state index is 0.207. The molecule has 17 heavy (non-hydrogen) atoms. The average molecular weight is 237 g/mol. The molecule has 0 radical (unpaired) electrons. The van der Waals surface area contributed by atoms with Gasteiger partial charge in [-0.25, -0.2) is 4.79 Å². The molecule has 2 amide bonds. The monoisotopic (exact) mass is 237 g/mol. The maximum atomic E-state index is 11.3. The van der Waals surface area contributed by atoms with E-state index in [9.17, 15) is 4.79 Å². The van der Waals surface area contributed by atoms with E-state index < -0.39 is 0 Å². The highest BCUT2D eigenvalue weighted by molar-refractivity contribution is 5.73. The van der Waals surface area contributed by atoms with E-state index in [1.807, 2.05) is 18.2 Å². The number of aromatic nitrogens is 1. The molecule has 1 unspecified atom stereocenters.